The molecule has 4 nitrogen and oxygen atoms in total. The highest BCUT2D eigenvalue weighted by atomic mass is 32.1. The average molecular weight is 341 g/mol. The monoisotopic (exact) mass is 341 g/mol. The maximum absolute atomic E-state index is 13.4. The number of nitrogens with one attached hydrogen (secondary N) is 1. The van der Waals surface area contributed by atoms with E-state index < -0.39 is 0 Å². The summed E-state index contributed by atoms with van der Waals surface area (Å²) in [6.45, 7) is 1.58. The summed E-state index contributed by atoms with van der Waals surface area (Å²) in [4.78, 5) is 2.08. The summed E-state index contributed by atoms with van der Waals surface area (Å²) in [7, 11) is 0. The van der Waals surface area contributed by atoms with Crippen LogP contribution < -0.4 is 5.32 Å². The topological polar surface area (TPSA) is 33.3 Å². The lowest BCUT2D eigenvalue weighted by molar-refractivity contribution is 0.261. The van der Waals surface area contributed by atoms with E-state index in [0.717, 1.165) is 24.5 Å². The van der Waals surface area contributed by atoms with Crippen LogP contribution in [0, 0.1) is 5.82 Å². The fourth-order valence-electron chi connectivity index (χ4n) is 3.11. The van der Waals surface area contributed by atoms with Gasteiger partial charge in [-0.1, -0.05) is 6.07 Å². The highest BCUT2D eigenvalue weighted by Gasteiger charge is 2.32. The Kier molecular flexibility index (Phi) is 3.82. The van der Waals surface area contributed by atoms with Crippen LogP contribution in [0.2, 0.25) is 0 Å². The van der Waals surface area contributed by atoms with Crippen molar-refractivity contribution in [2.75, 3.05) is 11.9 Å². The van der Waals surface area contributed by atoms with Gasteiger partial charge in [0.1, 0.15) is 17.6 Å². The van der Waals surface area contributed by atoms with Gasteiger partial charge in [-0.05, 0) is 54.7 Å². The van der Waals surface area contributed by atoms with E-state index in [4.69, 9.17) is 16.6 Å². The minimum Gasteiger partial charge on any atom is -0.467 e. The van der Waals surface area contributed by atoms with E-state index in [9.17, 15) is 4.39 Å². The molecule has 3 heterocycles. The first-order chi connectivity index (χ1) is 11.7. The predicted molar refractivity (Wildman–Crippen MR) is 94.3 cm³/mol. The van der Waals surface area contributed by atoms with E-state index in [1.807, 2.05) is 18.2 Å². The summed E-state index contributed by atoms with van der Waals surface area (Å²) >= 11 is 5.59. The van der Waals surface area contributed by atoms with E-state index in [2.05, 4.69) is 27.0 Å². The molecule has 0 spiro atoms. The van der Waals surface area contributed by atoms with Gasteiger partial charge >= 0.3 is 0 Å². The Labute approximate surface area is 144 Å². The van der Waals surface area contributed by atoms with Crippen molar-refractivity contribution >= 4 is 23.0 Å². The zero-order chi connectivity index (χ0) is 16.5. The van der Waals surface area contributed by atoms with Gasteiger partial charge in [-0.3, -0.25) is 0 Å². The molecule has 1 unspecified atom stereocenters. The van der Waals surface area contributed by atoms with Crippen molar-refractivity contribution in [1.82, 2.24) is 9.47 Å². The highest BCUT2D eigenvalue weighted by Crippen LogP contribution is 2.33. The van der Waals surface area contributed by atoms with Crippen LogP contribution in [0.4, 0.5) is 10.1 Å². The molecule has 1 N–H and O–H groups in total. The lowest BCUT2D eigenvalue weighted by Crippen LogP contribution is -2.44. The second-order valence-corrected chi connectivity index (χ2v) is 6.06. The Morgan fingerprint density at radius 1 is 1.17 bits per heavy atom. The Hall–Kier alpha value is -2.60. The van der Waals surface area contributed by atoms with Gasteiger partial charge in [0.25, 0.3) is 0 Å². The van der Waals surface area contributed by atoms with Crippen molar-refractivity contribution < 1.29 is 8.81 Å². The van der Waals surface area contributed by atoms with E-state index in [0.29, 0.717) is 10.8 Å². The van der Waals surface area contributed by atoms with Crippen LogP contribution in [0.25, 0.3) is 0 Å². The molecule has 1 aliphatic heterocycles. The summed E-state index contributed by atoms with van der Waals surface area (Å²) < 4.78 is 21.2. The number of halogens is 1. The Morgan fingerprint density at radius 2 is 2.08 bits per heavy atom. The molecule has 24 heavy (non-hydrogen) atoms. The van der Waals surface area contributed by atoms with Gasteiger partial charge in [-0.2, -0.15) is 0 Å². The van der Waals surface area contributed by atoms with Crippen LogP contribution in [-0.2, 0) is 6.54 Å². The molecule has 0 saturated carbocycles. The molecule has 1 aliphatic rings. The van der Waals surface area contributed by atoms with E-state index in [-0.39, 0.29) is 11.9 Å². The minimum atomic E-state index is -0.294. The van der Waals surface area contributed by atoms with Gasteiger partial charge in [0.2, 0.25) is 0 Å². The molecule has 0 saturated heterocycles. The second-order valence-electron chi connectivity index (χ2n) is 5.68. The number of hydrogen-bond donors (Lipinski definition) is 1. The number of benzene rings is 1. The lowest BCUT2D eigenvalue weighted by Gasteiger charge is -2.37. The molecule has 6 heteroatoms. The Bertz CT molecular complexity index is 859. The summed E-state index contributed by atoms with van der Waals surface area (Å²) in [5.41, 5.74) is 1.76. The number of rotatable bonds is 2. The number of furan rings is 1. The molecular formula is C18H16FN3OS. The quantitative estimate of drug-likeness (QED) is 0.714. The number of anilines is 1. The standard InChI is InChI=1S/C18H16FN3OS/c19-13-4-1-5-14(12-13)20-18(24)22-10-9-21-8-2-6-15(21)17(22)16-7-3-11-23-16/h1-8,11-12,17H,9-10H2,(H,20,24). The van der Waals surface area contributed by atoms with Crippen LogP contribution in [-0.4, -0.2) is 21.1 Å². The van der Waals surface area contributed by atoms with Crippen molar-refractivity contribution in [2.45, 2.75) is 12.6 Å². The zero-order valence-electron chi connectivity index (χ0n) is 12.9. The maximum atomic E-state index is 13.4. The SMILES string of the molecule is Fc1cccc(NC(=S)N2CCn3cccc3C2c2ccco2)c1. The third-order valence-corrected chi connectivity index (χ3v) is 4.52. The lowest BCUT2D eigenvalue weighted by atomic mass is 10.1. The minimum absolute atomic E-state index is 0.0997. The van der Waals surface area contributed by atoms with Crippen molar-refractivity contribution in [3.05, 3.63) is 78.3 Å². The summed E-state index contributed by atoms with van der Waals surface area (Å²) in [5.74, 6) is 0.538. The zero-order valence-corrected chi connectivity index (χ0v) is 13.7. The van der Waals surface area contributed by atoms with Gasteiger partial charge in [0.15, 0.2) is 5.11 Å². The van der Waals surface area contributed by atoms with Gasteiger partial charge in [0, 0.05) is 30.7 Å². The van der Waals surface area contributed by atoms with Crippen molar-refractivity contribution in [1.29, 1.82) is 0 Å². The number of nitrogens with zero attached hydrogens (tertiary/aromatic N) is 2. The van der Waals surface area contributed by atoms with Crippen molar-refractivity contribution in [3.63, 3.8) is 0 Å². The second kappa shape index (κ2) is 6.13. The summed E-state index contributed by atoms with van der Waals surface area (Å²) in [6, 6.07) is 14.1. The molecule has 0 fully saturated rings. The summed E-state index contributed by atoms with van der Waals surface area (Å²) in [5, 5.41) is 3.68. The third kappa shape index (κ3) is 2.69. The smallest absolute Gasteiger partial charge is 0.174 e. The van der Waals surface area contributed by atoms with Crippen LogP contribution >= 0.6 is 12.2 Å². The molecule has 0 bridgehead atoms. The van der Waals surface area contributed by atoms with Gasteiger partial charge in [-0.25, -0.2) is 4.39 Å². The molecule has 2 aromatic heterocycles. The Morgan fingerprint density at radius 3 is 2.88 bits per heavy atom. The first kappa shape index (κ1) is 15.0. The highest BCUT2D eigenvalue weighted by molar-refractivity contribution is 7.80. The molecule has 0 amide bonds. The van der Waals surface area contributed by atoms with Gasteiger partial charge < -0.3 is 19.2 Å². The molecule has 0 aliphatic carbocycles. The molecule has 1 aromatic carbocycles. The van der Waals surface area contributed by atoms with Crippen LogP contribution in [0.5, 0.6) is 0 Å². The van der Waals surface area contributed by atoms with Crippen LogP contribution in [0.15, 0.2) is 65.4 Å². The van der Waals surface area contributed by atoms with Crippen molar-refractivity contribution in [2.24, 2.45) is 0 Å². The van der Waals surface area contributed by atoms with E-state index in [1.165, 1.54) is 12.1 Å². The van der Waals surface area contributed by atoms with Crippen LogP contribution in [0.3, 0.4) is 0 Å². The predicted octanol–water partition coefficient (Wildman–Crippen LogP) is 4.02. The fourth-order valence-corrected chi connectivity index (χ4v) is 3.42. The average Bonchev–Trinajstić information content (AvgIpc) is 3.25. The normalized spacial score (nSPS) is 16.7. The number of aromatic nitrogens is 1. The Balaban J connectivity index is 1.65. The van der Waals surface area contributed by atoms with Gasteiger partial charge in [0.05, 0.1) is 6.26 Å². The number of thiocarbonyl (C=S) groups is 1. The molecule has 4 rings (SSSR count). The molecule has 3 aromatic rings. The van der Waals surface area contributed by atoms with E-state index >= 15 is 0 Å². The van der Waals surface area contributed by atoms with Gasteiger partial charge in [-0.15, -0.1) is 0 Å². The number of hydrogen-bond acceptors (Lipinski definition) is 2. The van der Waals surface area contributed by atoms with E-state index in [1.54, 1.807) is 18.4 Å². The van der Waals surface area contributed by atoms with Crippen molar-refractivity contribution in [3.8, 4) is 0 Å². The molecule has 0 radical (unpaired) electrons. The molecular weight excluding hydrogens is 325 g/mol. The number of fused-ring (bicyclic) bond motifs is 1. The van der Waals surface area contributed by atoms with Crippen LogP contribution in [0.1, 0.15) is 17.5 Å². The largest absolute Gasteiger partial charge is 0.467 e. The first-order valence-electron chi connectivity index (χ1n) is 7.74. The first-order valence-corrected chi connectivity index (χ1v) is 8.15. The molecule has 122 valence electrons. The maximum Gasteiger partial charge on any atom is 0.174 e. The fraction of sp³-hybridized carbons (Fsp3) is 0.167. The molecule has 1 atom stereocenters. The summed E-state index contributed by atoms with van der Waals surface area (Å²) in [6.07, 6.45) is 3.73. The third-order valence-electron chi connectivity index (χ3n) is 4.19.